The molecule has 0 radical (unpaired) electrons. The molecule has 3 aromatic rings. The van der Waals surface area contributed by atoms with Gasteiger partial charge in [-0.2, -0.15) is 0 Å². The summed E-state index contributed by atoms with van der Waals surface area (Å²) in [5.41, 5.74) is 3.26. The van der Waals surface area contributed by atoms with Crippen molar-refractivity contribution in [2.24, 2.45) is 0 Å². The van der Waals surface area contributed by atoms with Crippen molar-refractivity contribution in [3.05, 3.63) is 102 Å². The van der Waals surface area contributed by atoms with E-state index >= 15 is 0 Å². The fourth-order valence-electron chi connectivity index (χ4n) is 3.40. The zero-order valence-electron chi connectivity index (χ0n) is 16.5. The first kappa shape index (κ1) is 19.8. The third kappa shape index (κ3) is 5.27. The Kier molecular flexibility index (Phi) is 6.93. The lowest BCUT2D eigenvalue weighted by atomic mass is 9.91. The van der Waals surface area contributed by atoms with Crippen molar-refractivity contribution in [3.63, 3.8) is 0 Å². The van der Waals surface area contributed by atoms with E-state index in [0.717, 1.165) is 11.1 Å². The van der Waals surface area contributed by atoms with E-state index < -0.39 is 0 Å². The Bertz CT molecular complexity index is 851. The number of amides is 1. The van der Waals surface area contributed by atoms with Crippen molar-refractivity contribution in [3.8, 4) is 0 Å². The monoisotopic (exact) mass is 373 g/mol. The van der Waals surface area contributed by atoms with Crippen LogP contribution in [0.15, 0.2) is 85.2 Å². The number of hydrogen-bond donors (Lipinski definition) is 1. The summed E-state index contributed by atoms with van der Waals surface area (Å²) in [5, 5.41) is 3.18. The molecule has 28 heavy (non-hydrogen) atoms. The van der Waals surface area contributed by atoms with E-state index in [0.29, 0.717) is 13.0 Å². The van der Waals surface area contributed by atoms with Crippen molar-refractivity contribution in [2.45, 2.75) is 18.4 Å². The quantitative estimate of drug-likeness (QED) is 0.653. The highest BCUT2D eigenvalue weighted by atomic mass is 16.1. The highest BCUT2D eigenvalue weighted by Crippen LogP contribution is 2.22. The van der Waals surface area contributed by atoms with E-state index in [2.05, 4.69) is 27.3 Å². The highest BCUT2D eigenvalue weighted by molar-refractivity contribution is 5.84. The van der Waals surface area contributed by atoms with Crippen molar-refractivity contribution < 1.29 is 4.79 Å². The van der Waals surface area contributed by atoms with Gasteiger partial charge in [-0.3, -0.25) is 9.78 Å². The summed E-state index contributed by atoms with van der Waals surface area (Å²) in [6.07, 6.45) is 4.21. The van der Waals surface area contributed by atoms with Crippen molar-refractivity contribution >= 4 is 5.91 Å². The van der Waals surface area contributed by atoms with E-state index in [1.54, 1.807) is 6.20 Å². The lowest BCUT2D eigenvalue weighted by Crippen LogP contribution is -2.37. The summed E-state index contributed by atoms with van der Waals surface area (Å²) in [7, 11) is 4.07. The molecule has 3 rings (SSSR count). The van der Waals surface area contributed by atoms with Crippen LogP contribution >= 0.6 is 0 Å². The van der Waals surface area contributed by atoms with Crippen LogP contribution in [-0.2, 0) is 11.2 Å². The maximum atomic E-state index is 13.2. The first-order valence-electron chi connectivity index (χ1n) is 9.58. The summed E-state index contributed by atoms with van der Waals surface area (Å²) in [6.45, 7) is 0.562. The summed E-state index contributed by atoms with van der Waals surface area (Å²) in [4.78, 5) is 19.5. The van der Waals surface area contributed by atoms with Crippen molar-refractivity contribution in [1.29, 1.82) is 0 Å². The van der Waals surface area contributed by atoms with Gasteiger partial charge < -0.3 is 10.2 Å². The molecule has 1 N–H and O–H groups in total. The average Bonchev–Trinajstić information content (AvgIpc) is 2.74. The first-order chi connectivity index (χ1) is 13.6. The summed E-state index contributed by atoms with van der Waals surface area (Å²) in [6, 6.07) is 24.3. The lowest BCUT2D eigenvalue weighted by molar-refractivity contribution is -0.122. The molecule has 4 nitrogen and oxygen atoms in total. The molecular formula is C24H27N3O. The number of rotatable bonds is 8. The van der Waals surface area contributed by atoms with Crippen LogP contribution in [0, 0.1) is 0 Å². The topological polar surface area (TPSA) is 45.2 Å². The maximum Gasteiger partial charge on any atom is 0.227 e. The van der Waals surface area contributed by atoms with E-state index in [1.165, 1.54) is 5.56 Å². The SMILES string of the molecule is CN(C)C(CNC(=O)C(Cc1cccnc1)c1ccccc1)c1ccccc1. The normalized spacial score (nSPS) is 13.1. The van der Waals surface area contributed by atoms with Gasteiger partial charge in [0, 0.05) is 18.9 Å². The number of nitrogens with one attached hydrogen (secondary N) is 1. The van der Waals surface area contributed by atoms with E-state index in [-0.39, 0.29) is 17.9 Å². The first-order valence-corrected chi connectivity index (χ1v) is 9.58. The van der Waals surface area contributed by atoms with Crippen LogP contribution in [0.4, 0.5) is 0 Å². The van der Waals surface area contributed by atoms with E-state index in [1.807, 2.05) is 81.0 Å². The second-order valence-corrected chi connectivity index (χ2v) is 7.16. The fraction of sp³-hybridized carbons (Fsp3) is 0.250. The van der Waals surface area contributed by atoms with Crippen LogP contribution in [0.2, 0.25) is 0 Å². The van der Waals surface area contributed by atoms with Gasteiger partial charge in [-0.25, -0.2) is 0 Å². The molecular weight excluding hydrogens is 346 g/mol. The Morgan fingerprint density at radius 2 is 1.57 bits per heavy atom. The third-order valence-corrected chi connectivity index (χ3v) is 4.96. The molecule has 0 saturated heterocycles. The zero-order chi connectivity index (χ0) is 19.8. The van der Waals surface area contributed by atoms with Gasteiger partial charge in [0.15, 0.2) is 0 Å². The molecule has 1 amide bonds. The van der Waals surface area contributed by atoms with Gasteiger partial charge in [-0.1, -0.05) is 66.7 Å². The Hall–Kier alpha value is -2.98. The molecule has 0 fully saturated rings. The third-order valence-electron chi connectivity index (χ3n) is 4.96. The number of hydrogen-bond acceptors (Lipinski definition) is 3. The molecule has 0 aliphatic heterocycles. The number of nitrogens with zero attached hydrogens (tertiary/aromatic N) is 2. The largest absolute Gasteiger partial charge is 0.354 e. The number of likely N-dealkylation sites (N-methyl/N-ethyl adjacent to an activating group) is 1. The minimum atomic E-state index is -0.246. The number of benzene rings is 2. The fourth-order valence-corrected chi connectivity index (χ4v) is 3.40. The van der Waals surface area contributed by atoms with Crippen LogP contribution in [0.5, 0.6) is 0 Å². The van der Waals surface area contributed by atoms with Gasteiger partial charge in [-0.05, 0) is 43.3 Å². The van der Waals surface area contributed by atoms with Gasteiger partial charge in [0.05, 0.1) is 12.0 Å². The Labute approximate surface area is 167 Å². The second kappa shape index (κ2) is 9.81. The van der Waals surface area contributed by atoms with Gasteiger partial charge in [-0.15, -0.1) is 0 Å². The molecule has 1 aromatic heterocycles. The number of carbonyl (C=O) groups is 1. The molecule has 1 heterocycles. The molecule has 0 saturated carbocycles. The van der Waals surface area contributed by atoms with Gasteiger partial charge in [0.25, 0.3) is 0 Å². The molecule has 0 spiro atoms. The lowest BCUT2D eigenvalue weighted by Gasteiger charge is -2.26. The van der Waals surface area contributed by atoms with Crippen LogP contribution < -0.4 is 5.32 Å². The Morgan fingerprint density at radius 3 is 2.14 bits per heavy atom. The zero-order valence-corrected chi connectivity index (χ0v) is 16.5. The molecule has 144 valence electrons. The van der Waals surface area contributed by atoms with Crippen molar-refractivity contribution in [2.75, 3.05) is 20.6 Å². The predicted octanol–water partition coefficient (Wildman–Crippen LogP) is 3.83. The second-order valence-electron chi connectivity index (χ2n) is 7.16. The summed E-state index contributed by atoms with van der Waals surface area (Å²) >= 11 is 0. The highest BCUT2D eigenvalue weighted by Gasteiger charge is 2.23. The molecule has 0 bridgehead atoms. The molecule has 2 atom stereocenters. The number of pyridine rings is 1. The van der Waals surface area contributed by atoms with Crippen LogP contribution in [-0.4, -0.2) is 36.4 Å². The molecule has 2 aromatic carbocycles. The molecule has 4 heteroatoms. The standard InChI is InChI=1S/C24H27N3O/c1-27(2)23(21-13-7-4-8-14-21)18-26-24(28)22(20-11-5-3-6-12-20)16-19-10-9-15-25-17-19/h3-15,17,22-23H,16,18H2,1-2H3,(H,26,28). The number of carbonyl (C=O) groups excluding carboxylic acids is 1. The Morgan fingerprint density at radius 1 is 0.929 bits per heavy atom. The Balaban J connectivity index is 1.75. The summed E-state index contributed by atoms with van der Waals surface area (Å²) < 4.78 is 0. The molecule has 2 unspecified atom stereocenters. The van der Waals surface area contributed by atoms with Gasteiger partial charge in [0.2, 0.25) is 5.91 Å². The van der Waals surface area contributed by atoms with Gasteiger partial charge in [0.1, 0.15) is 0 Å². The van der Waals surface area contributed by atoms with E-state index in [9.17, 15) is 4.79 Å². The van der Waals surface area contributed by atoms with Crippen LogP contribution in [0.3, 0.4) is 0 Å². The van der Waals surface area contributed by atoms with Gasteiger partial charge >= 0.3 is 0 Å². The molecule has 0 aliphatic rings. The average molecular weight is 374 g/mol. The summed E-state index contributed by atoms with van der Waals surface area (Å²) in [5.74, 6) is -0.207. The van der Waals surface area contributed by atoms with Crippen LogP contribution in [0.25, 0.3) is 0 Å². The van der Waals surface area contributed by atoms with Crippen molar-refractivity contribution in [1.82, 2.24) is 15.2 Å². The number of aromatic nitrogens is 1. The van der Waals surface area contributed by atoms with Crippen LogP contribution in [0.1, 0.15) is 28.7 Å². The van der Waals surface area contributed by atoms with E-state index in [4.69, 9.17) is 0 Å². The smallest absolute Gasteiger partial charge is 0.227 e. The minimum Gasteiger partial charge on any atom is -0.354 e. The molecule has 0 aliphatic carbocycles. The minimum absolute atomic E-state index is 0.0397. The maximum absolute atomic E-state index is 13.2. The predicted molar refractivity (Wildman–Crippen MR) is 113 cm³/mol.